The fourth-order valence-electron chi connectivity index (χ4n) is 10.4. The van der Waals surface area contributed by atoms with Crippen LogP contribution in [0.1, 0.15) is 96.5 Å². The van der Waals surface area contributed by atoms with Gasteiger partial charge in [0.2, 0.25) is 17.7 Å². The van der Waals surface area contributed by atoms with E-state index in [0.717, 1.165) is 87.6 Å². The maximum Gasteiger partial charge on any atom is 0.320 e. The van der Waals surface area contributed by atoms with Crippen molar-refractivity contribution in [2.24, 2.45) is 5.73 Å². The highest BCUT2D eigenvalue weighted by molar-refractivity contribution is 6.23. The van der Waals surface area contributed by atoms with Crippen LogP contribution in [0.5, 0.6) is 0 Å². The van der Waals surface area contributed by atoms with E-state index in [2.05, 4.69) is 49.4 Å². The Balaban J connectivity index is 0.00000608. The summed E-state index contributed by atoms with van der Waals surface area (Å²) >= 11 is 0. The van der Waals surface area contributed by atoms with Crippen LogP contribution >= 0.6 is 0 Å². The van der Waals surface area contributed by atoms with Gasteiger partial charge >= 0.3 is 6.03 Å². The number of imide groups is 2. The Kier molecular flexibility index (Phi) is 12.4. The number of primary amides is 1. The number of carbonyl (C=O) groups excluding carboxylic acids is 7. The second kappa shape index (κ2) is 18.3. The molecule has 5 fully saturated rings. The van der Waals surface area contributed by atoms with Crippen LogP contribution in [0.3, 0.4) is 0 Å². The zero-order valence-electron chi connectivity index (χ0n) is 37.7. The van der Waals surface area contributed by atoms with E-state index in [1.807, 2.05) is 35.0 Å². The molecule has 19 nitrogen and oxygen atoms in total. The van der Waals surface area contributed by atoms with Crippen molar-refractivity contribution in [1.29, 1.82) is 0 Å². The first kappa shape index (κ1) is 44.6. The number of likely N-dealkylation sites (N-methyl/N-ethyl adjacent to an activating group) is 1. The van der Waals surface area contributed by atoms with Crippen molar-refractivity contribution in [3.63, 3.8) is 0 Å². The maximum atomic E-state index is 13.4. The number of likely N-dealkylation sites (tertiary alicyclic amines) is 1. The first-order valence-corrected chi connectivity index (χ1v) is 23.2. The highest BCUT2D eigenvalue weighted by atomic mass is 16.2. The van der Waals surface area contributed by atoms with Crippen LogP contribution < -0.4 is 26.2 Å². The van der Waals surface area contributed by atoms with E-state index in [0.29, 0.717) is 45.0 Å². The number of fused-ring (bicyclic) bond motifs is 1. The molecule has 8 amide bonds. The molecule has 0 spiro atoms. The van der Waals surface area contributed by atoms with Crippen molar-refractivity contribution in [3.05, 3.63) is 71.0 Å². The summed E-state index contributed by atoms with van der Waals surface area (Å²) in [6, 6.07) is 12.5. The van der Waals surface area contributed by atoms with Crippen molar-refractivity contribution in [2.45, 2.75) is 75.8 Å². The fraction of sp³-hybridized carbons (Fsp3) is 0.511. The first-order chi connectivity index (χ1) is 31.8. The van der Waals surface area contributed by atoms with Gasteiger partial charge < -0.3 is 35.6 Å². The molecule has 0 bridgehead atoms. The topological polar surface area (TPSA) is 218 Å². The molecule has 1 unspecified atom stereocenters. The van der Waals surface area contributed by atoms with Crippen LogP contribution in [0.2, 0.25) is 0 Å². The second-order valence-electron chi connectivity index (χ2n) is 18.7. The van der Waals surface area contributed by atoms with E-state index in [1.165, 1.54) is 5.56 Å². The minimum Gasteiger partial charge on any atom is -0.369 e. The number of nitrogens with zero attached hydrogens (tertiary/aromatic N) is 9. The lowest BCUT2D eigenvalue weighted by atomic mass is 9.74. The van der Waals surface area contributed by atoms with E-state index < -0.39 is 35.6 Å². The first-order valence-electron chi connectivity index (χ1n) is 23.2. The van der Waals surface area contributed by atoms with Crippen molar-refractivity contribution < 1.29 is 35.0 Å². The summed E-state index contributed by atoms with van der Waals surface area (Å²) in [5, 5.41) is 5.51. The van der Waals surface area contributed by atoms with Gasteiger partial charge in [0.25, 0.3) is 17.7 Å². The molecule has 5 saturated heterocycles. The highest BCUT2D eigenvalue weighted by Gasteiger charge is 2.45. The number of hydrogen-bond donors (Lipinski definition) is 3. The van der Waals surface area contributed by atoms with E-state index in [9.17, 15) is 33.6 Å². The Labute approximate surface area is 385 Å². The standard InChI is InChI=1S/C47H58N12O7.H2/c1-47(30-7-9-31(10-8-30)50-42-40(41(48)62)49-28-37(51-42)57-18-3-5-33(29-57)58-26-21-53(2)46(58)66)15-19-56(20-16-47)39(61)6-4-17-54-22-24-55(25-23-54)32-11-12-34-35(27-32)45(65)59(44(34)64)36-13-14-38(60)52-43(36)63;/h7-12,27-28,33,36H,3-6,13-26,29H2,1-2H3,(H2,48,62)(H,50,51)(H,52,60,63);1H/t33-,36?;/m1./s1. The molecule has 1 aromatic heterocycles. The molecule has 6 aliphatic rings. The van der Waals surface area contributed by atoms with Crippen molar-refractivity contribution >= 4 is 64.5 Å². The van der Waals surface area contributed by atoms with Gasteiger partial charge in [-0.2, -0.15) is 0 Å². The Morgan fingerprint density at radius 2 is 1.62 bits per heavy atom. The van der Waals surface area contributed by atoms with Gasteiger partial charge in [-0.25, -0.2) is 14.8 Å². The molecule has 3 aromatic rings. The summed E-state index contributed by atoms with van der Waals surface area (Å²) in [6.45, 7) is 10.3. The summed E-state index contributed by atoms with van der Waals surface area (Å²) in [6.07, 6.45) is 6.50. The summed E-state index contributed by atoms with van der Waals surface area (Å²) < 4.78 is 0. The Bertz CT molecular complexity index is 2440. The molecular formula is C47H60N12O7. The van der Waals surface area contributed by atoms with Crippen LogP contribution in [-0.2, 0) is 19.8 Å². The minimum atomic E-state index is -0.996. The number of nitrogens with one attached hydrogen (secondary N) is 2. The third-order valence-electron chi connectivity index (χ3n) is 14.5. The van der Waals surface area contributed by atoms with Gasteiger partial charge in [-0.1, -0.05) is 19.1 Å². The summed E-state index contributed by atoms with van der Waals surface area (Å²) in [4.78, 5) is 112. The Hall–Kier alpha value is -6.63. The molecule has 2 atom stereocenters. The van der Waals surface area contributed by atoms with Gasteiger partial charge in [0.15, 0.2) is 11.5 Å². The number of rotatable bonds is 12. The predicted octanol–water partition coefficient (Wildman–Crippen LogP) is 2.79. The number of aromatic nitrogens is 2. The molecule has 66 heavy (non-hydrogen) atoms. The largest absolute Gasteiger partial charge is 0.369 e. The van der Waals surface area contributed by atoms with Crippen LogP contribution in [0.15, 0.2) is 48.7 Å². The number of urea groups is 1. The van der Waals surface area contributed by atoms with Gasteiger partial charge in [-0.15, -0.1) is 0 Å². The lowest BCUT2D eigenvalue weighted by Crippen LogP contribution is -2.54. The SMILES string of the molecule is CN1CCN([C@@H]2CCCN(c3cnc(C(N)=O)c(Nc4ccc(C5(C)CCN(C(=O)CCCN6CCN(c7ccc8c(c7)C(=O)N(C7CCC(=O)NC7=O)C8=O)CC6)CC5)cc4)n3)C2)C1=O.[HH]. The lowest BCUT2D eigenvalue weighted by molar-refractivity contribution is -0.136. The molecule has 4 N–H and O–H groups in total. The number of benzene rings is 2. The number of nitrogens with two attached hydrogens (primary N) is 1. The van der Waals surface area contributed by atoms with Crippen molar-refractivity contribution in [3.8, 4) is 0 Å². The van der Waals surface area contributed by atoms with Crippen molar-refractivity contribution in [1.82, 2.24) is 39.8 Å². The fourth-order valence-corrected chi connectivity index (χ4v) is 10.4. The second-order valence-corrected chi connectivity index (χ2v) is 18.7. The number of hydrogen-bond acceptors (Lipinski definition) is 13. The Morgan fingerprint density at radius 3 is 2.32 bits per heavy atom. The van der Waals surface area contributed by atoms with Gasteiger partial charge in [0.05, 0.1) is 23.4 Å². The molecule has 350 valence electrons. The van der Waals surface area contributed by atoms with Crippen molar-refractivity contribution in [2.75, 3.05) is 94.2 Å². The van der Waals surface area contributed by atoms with E-state index >= 15 is 0 Å². The molecule has 0 saturated carbocycles. The number of amides is 8. The van der Waals surface area contributed by atoms with Crippen LogP contribution in [0, 0.1) is 0 Å². The Morgan fingerprint density at radius 1 is 0.879 bits per heavy atom. The monoisotopic (exact) mass is 904 g/mol. The summed E-state index contributed by atoms with van der Waals surface area (Å²) in [5.74, 6) is -1.67. The summed E-state index contributed by atoms with van der Waals surface area (Å²) in [5.41, 5.74) is 8.95. The lowest BCUT2D eigenvalue weighted by Gasteiger charge is -2.40. The summed E-state index contributed by atoms with van der Waals surface area (Å²) in [7, 11) is 1.82. The number of piperidine rings is 3. The van der Waals surface area contributed by atoms with Gasteiger partial charge in [0, 0.05) is 98.1 Å². The van der Waals surface area contributed by atoms with Crippen LogP contribution in [0.4, 0.5) is 27.8 Å². The quantitative estimate of drug-likeness (QED) is 0.223. The molecule has 0 radical (unpaired) electrons. The average Bonchev–Trinajstić information content (AvgIpc) is 3.78. The molecule has 19 heteroatoms. The third-order valence-corrected chi connectivity index (χ3v) is 14.5. The van der Waals surface area contributed by atoms with Gasteiger partial charge in [-0.3, -0.25) is 43.9 Å². The minimum absolute atomic E-state index is 0. The van der Waals surface area contributed by atoms with Crippen LogP contribution in [0.25, 0.3) is 0 Å². The molecule has 0 aliphatic carbocycles. The molecular weight excluding hydrogens is 845 g/mol. The number of anilines is 4. The van der Waals surface area contributed by atoms with E-state index in [4.69, 9.17) is 10.7 Å². The molecule has 7 heterocycles. The predicted molar refractivity (Wildman–Crippen MR) is 247 cm³/mol. The molecule has 9 rings (SSSR count). The highest BCUT2D eigenvalue weighted by Crippen LogP contribution is 2.37. The molecule has 6 aliphatic heterocycles. The average molecular weight is 905 g/mol. The number of piperazine rings is 1. The van der Waals surface area contributed by atoms with Crippen LogP contribution in [-0.4, -0.2) is 167 Å². The number of carbonyl (C=O) groups is 7. The van der Waals surface area contributed by atoms with E-state index in [1.54, 1.807) is 23.2 Å². The third kappa shape index (κ3) is 8.87. The van der Waals surface area contributed by atoms with E-state index in [-0.39, 0.29) is 60.3 Å². The zero-order valence-corrected chi connectivity index (χ0v) is 37.7. The molecule has 2 aromatic carbocycles. The zero-order chi connectivity index (χ0) is 46.3. The smallest absolute Gasteiger partial charge is 0.320 e. The van der Waals surface area contributed by atoms with Gasteiger partial charge in [0.1, 0.15) is 11.9 Å². The maximum absolute atomic E-state index is 13.4. The normalized spacial score (nSPS) is 22.5. The van der Waals surface area contributed by atoms with Gasteiger partial charge in [-0.05, 0) is 86.4 Å².